The van der Waals surface area contributed by atoms with E-state index in [0.29, 0.717) is 11.4 Å². The third kappa shape index (κ3) is 1.63. The minimum atomic E-state index is -0.897. The molecule has 0 aliphatic rings. The zero-order valence-corrected chi connectivity index (χ0v) is 8.15. The molecule has 2 rings (SSSR count). The molecule has 0 spiro atoms. The van der Waals surface area contributed by atoms with Crippen LogP contribution in [-0.2, 0) is 11.2 Å². The van der Waals surface area contributed by atoms with E-state index >= 15 is 0 Å². The van der Waals surface area contributed by atoms with E-state index in [2.05, 4.69) is 10.2 Å². The van der Waals surface area contributed by atoms with Gasteiger partial charge >= 0.3 is 5.97 Å². The van der Waals surface area contributed by atoms with Crippen LogP contribution in [0.2, 0.25) is 0 Å². The van der Waals surface area contributed by atoms with Crippen molar-refractivity contribution >= 4 is 16.9 Å². The minimum Gasteiger partial charge on any atom is -0.494 e. The highest BCUT2D eigenvalue weighted by atomic mass is 16.5. The average molecular weight is 206 g/mol. The lowest BCUT2D eigenvalue weighted by Crippen LogP contribution is -2.00. The summed E-state index contributed by atoms with van der Waals surface area (Å²) in [4.78, 5) is 10.6. The van der Waals surface area contributed by atoms with Crippen molar-refractivity contribution < 1.29 is 14.6 Å². The van der Waals surface area contributed by atoms with Crippen LogP contribution in [0.3, 0.4) is 0 Å². The number of carbonyl (C=O) groups is 1. The second-order valence-corrected chi connectivity index (χ2v) is 3.12. The van der Waals surface area contributed by atoms with Crippen LogP contribution < -0.4 is 4.74 Å². The standard InChI is InChI=1S/C10H10N2O3/c1-15-8-4-2-3-6-7(5-9(13)14)11-12-10(6)8/h2-4H,5H2,1H3,(H,11,12)(H,13,14). The number of nitrogens with zero attached hydrogens (tertiary/aromatic N) is 1. The number of aromatic amines is 1. The summed E-state index contributed by atoms with van der Waals surface area (Å²) in [6, 6.07) is 5.42. The molecule has 0 atom stereocenters. The Kier molecular flexibility index (Phi) is 2.29. The van der Waals surface area contributed by atoms with Gasteiger partial charge in [-0.2, -0.15) is 5.10 Å². The van der Waals surface area contributed by atoms with E-state index < -0.39 is 5.97 Å². The van der Waals surface area contributed by atoms with Crippen molar-refractivity contribution in [3.05, 3.63) is 23.9 Å². The van der Waals surface area contributed by atoms with Crippen LogP contribution in [0, 0.1) is 0 Å². The molecular weight excluding hydrogens is 196 g/mol. The molecule has 2 N–H and O–H groups in total. The maximum atomic E-state index is 10.6. The summed E-state index contributed by atoms with van der Waals surface area (Å²) in [5.74, 6) is -0.233. The highest BCUT2D eigenvalue weighted by molar-refractivity contribution is 5.89. The van der Waals surface area contributed by atoms with Gasteiger partial charge in [0.25, 0.3) is 0 Å². The number of carboxylic acid groups (broad SMARTS) is 1. The molecule has 0 bridgehead atoms. The van der Waals surface area contributed by atoms with Gasteiger partial charge in [-0.05, 0) is 6.07 Å². The van der Waals surface area contributed by atoms with Gasteiger partial charge in [0.1, 0.15) is 11.3 Å². The van der Waals surface area contributed by atoms with Gasteiger partial charge in [-0.3, -0.25) is 9.89 Å². The summed E-state index contributed by atoms with van der Waals surface area (Å²) < 4.78 is 5.13. The maximum Gasteiger partial charge on any atom is 0.309 e. The molecule has 0 saturated heterocycles. The molecule has 0 unspecified atom stereocenters. The number of aliphatic carboxylic acids is 1. The fourth-order valence-electron chi connectivity index (χ4n) is 1.52. The Morgan fingerprint density at radius 1 is 1.60 bits per heavy atom. The molecule has 0 saturated carbocycles. The number of para-hydroxylation sites is 1. The molecule has 15 heavy (non-hydrogen) atoms. The van der Waals surface area contributed by atoms with Crippen molar-refractivity contribution in [3.63, 3.8) is 0 Å². The smallest absolute Gasteiger partial charge is 0.309 e. The maximum absolute atomic E-state index is 10.6. The van der Waals surface area contributed by atoms with Crippen molar-refractivity contribution in [2.45, 2.75) is 6.42 Å². The highest BCUT2D eigenvalue weighted by Gasteiger charge is 2.11. The Labute approximate surface area is 85.7 Å². The Balaban J connectivity index is 2.55. The molecular formula is C10H10N2O3. The molecule has 5 heteroatoms. The van der Waals surface area contributed by atoms with E-state index in [9.17, 15) is 4.79 Å². The molecule has 0 fully saturated rings. The molecule has 5 nitrogen and oxygen atoms in total. The summed E-state index contributed by atoms with van der Waals surface area (Å²) >= 11 is 0. The molecule has 0 aliphatic heterocycles. The number of hydrogen-bond donors (Lipinski definition) is 2. The number of methoxy groups -OCH3 is 1. The molecule has 1 aromatic heterocycles. The summed E-state index contributed by atoms with van der Waals surface area (Å²) in [6.45, 7) is 0. The van der Waals surface area contributed by atoms with Crippen LogP contribution >= 0.6 is 0 Å². The lowest BCUT2D eigenvalue weighted by Gasteiger charge is -1.99. The van der Waals surface area contributed by atoms with E-state index in [1.54, 1.807) is 13.2 Å². The second-order valence-electron chi connectivity index (χ2n) is 3.12. The Morgan fingerprint density at radius 3 is 3.07 bits per heavy atom. The first-order chi connectivity index (χ1) is 7.22. The molecule has 78 valence electrons. The number of nitrogens with one attached hydrogen (secondary N) is 1. The van der Waals surface area contributed by atoms with Crippen LogP contribution in [0.5, 0.6) is 5.75 Å². The summed E-state index contributed by atoms with van der Waals surface area (Å²) in [5.41, 5.74) is 1.26. The molecule has 1 heterocycles. The van der Waals surface area contributed by atoms with E-state index in [1.807, 2.05) is 12.1 Å². The zero-order valence-electron chi connectivity index (χ0n) is 8.15. The number of H-pyrrole nitrogens is 1. The fourth-order valence-corrected chi connectivity index (χ4v) is 1.52. The van der Waals surface area contributed by atoms with Crippen LogP contribution in [0.1, 0.15) is 5.69 Å². The van der Waals surface area contributed by atoms with Gasteiger partial charge < -0.3 is 9.84 Å². The minimum absolute atomic E-state index is 0.0901. The number of hydrogen-bond acceptors (Lipinski definition) is 3. The van der Waals surface area contributed by atoms with Crippen molar-refractivity contribution in [2.24, 2.45) is 0 Å². The molecule has 1 aromatic carbocycles. The van der Waals surface area contributed by atoms with Crippen LogP contribution in [0.25, 0.3) is 10.9 Å². The second kappa shape index (κ2) is 3.61. The van der Waals surface area contributed by atoms with Gasteiger partial charge in [0.05, 0.1) is 19.2 Å². The zero-order chi connectivity index (χ0) is 10.8. The van der Waals surface area contributed by atoms with E-state index in [1.165, 1.54) is 0 Å². The monoisotopic (exact) mass is 206 g/mol. The normalized spacial score (nSPS) is 10.5. The highest BCUT2D eigenvalue weighted by Crippen LogP contribution is 2.25. The largest absolute Gasteiger partial charge is 0.494 e. The van der Waals surface area contributed by atoms with Crippen molar-refractivity contribution in [1.82, 2.24) is 10.2 Å². The number of aromatic nitrogens is 2. The molecule has 0 amide bonds. The van der Waals surface area contributed by atoms with Crippen molar-refractivity contribution in [1.29, 1.82) is 0 Å². The summed E-state index contributed by atoms with van der Waals surface area (Å²) in [5, 5.41) is 16.2. The predicted molar refractivity (Wildman–Crippen MR) is 54.0 cm³/mol. The lowest BCUT2D eigenvalue weighted by atomic mass is 10.1. The van der Waals surface area contributed by atoms with E-state index in [0.717, 1.165) is 10.9 Å². The number of ether oxygens (including phenoxy) is 1. The van der Waals surface area contributed by atoms with Crippen molar-refractivity contribution in [3.8, 4) is 5.75 Å². The number of rotatable bonds is 3. The Bertz CT molecular complexity index is 504. The van der Waals surface area contributed by atoms with Gasteiger partial charge in [0.15, 0.2) is 0 Å². The van der Waals surface area contributed by atoms with Gasteiger partial charge in [-0.15, -0.1) is 0 Å². The fraction of sp³-hybridized carbons (Fsp3) is 0.200. The number of benzene rings is 1. The van der Waals surface area contributed by atoms with E-state index in [4.69, 9.17) is 9.84 Å². The van der Waals surface area contributed by atoms with Crippen LogP contribution in [0.4, 0.5) is 0 Å². The third-order valence-corrected chi connectivity index (χ3v) is 2.18. The lowest BCUT2D eigenvalue weighted by molar-refractivity contribution is -0.136. The first kappa shape index (κ1) is 9.51. The topological polar surface area (TPSA) is 75.2 Å². The van der Waals surface area contributed by atoms with Gasteiger partial charge in [-0.25, -0.2) is 0 Å². The van der Waals surface area contributed by atoms with Crippen LogP contribution in [-0.4, -0.2) is 28.4 Å². The quantitative estimate of drug-likeness (QED) is 0.791. The SMILES string of the molecule is COc1cccc2c(CC(=O)O)n[nH]c12. The first-order valence-electron chi connectivity index (χ1n) is 4.44. The molecule has 0 aliphatic carbocycles. The van der Waals surface area contributed by atoms with Gasteiger partial charge in [0, 0.05) is 5.39 Å². The summed E-state index contributed by atoms with van der Waals surface area (Å²) in [7, 11) is 1.56. The Morgan fingerprint density at radius 2 is 2.40 bits per heavy atom. The van der Waals surface area contributed by atoms with Gasteiger partial charge in [-0.1, -0.05) is 12.1 Å². The predicted octanol–water partition coefficient (Wildman–Crippen LogP) is 1.20. The summed E-state index contributed by atoms with van der Waals surface area (Å²) in [6.07, 6.45) is -0.0901. The first-order valence-corrected chi connectivity index (χ1v) is 4.44. The molecule has 0 radical (unpaired) electrons. The van der Waals surface area contributed by atoms with Gasteiger partial charge in [0.2, 0.25) is 0 Å². The van der Waals surface area contributed by atoms with E-state index in [-0.39, 0.29) is 6.42 Å². The Hall–Kier alpha value is -2.04. The number of carboxylic acids is 1. The molecule has 2 aromatic rings. The van der Waals surface area contributed by atoms with Crippen molar-refractivity contribution in [2.75, 3.05) is 7.11 Å². The average Bonchev–Trinajstić information content (AvgIpc) is 2.61. The number of fused-ring (bicyclic) bond motifs is 1. The van der Waals surface area contributed by atoms with Crippen LogP contribution in [0.15, 0.2) is 18.2 Å². The third-order valence-electron chi connectivity index (χ3n) is 2.18.